The van der Waals surface area contributed by atoms with E-state index in [0.29, 0.717) is 51.6 Å². The molecule has 0 atom stereocenters. The molecule has 0 saturated carbocycles. The van der Waals surface area contributed by atoms with Crippen LogP contribution in [0.5, 0.6) is 17.2 Å². The normalized spacial score (nSPS) is 11.3. The molecule has 3 aromatic carbocycles. The monoisotopic (exact) mass is 522 g/mol. The van der Waals surface area contributed by atoms with E-state index in [2.05, 4.69) is 11.5 Å². The summed E-state index contributed by atoms with van der Waals surface area (Å²) in [6.07, 6.45) is 1.65. The zero-order valence-electron chi connectivity index (χ0n) is 21.5. The molecule has 0 aliphatic heterocycles. The van der Waals surface area contributed by atoms with Crippen molar-refractivity contribution in [2.45, 2.75) is 11.4 Å². The minimum Gasteiger partial charge on any atom is -0.493 e. The number of pyridine rings is 1. The zero-order chi connectivity index (χ0) is 26.5. The first-order valence-electron chi connectivity index (χ1n) is 11.9. The van der Waals surface area contributed by atoms with Gasteiger partial charge in [-0.3, -0.25) is 4.79 Å². The molecule has 0 saturated heterocycles. The molecule has 6 nitrogen and oxygen atoms in total. The van der Waals surface area contributed by atoms with Crippen LogP contribution < -0.4 is 19.6 Å². The molecular formula is C29H31FN2O4S. The average Bonchev–Trinajstić information content (AvgIpc) is 2.90. The van der Waals surface area contributed by atoms with E-state index >= 15 is 4.39 Å². The lowest BCUT2D eigenvalue weighted by Gasteiger charge is -2.19. The van der Waals surface area contributed by atoms with Gasteiger partial charge in [0.15, 0.2) is 16.9 Å². The molecule has 0 aliphatic rings. The van der Waals surface area contributed by atoms with Crippen molar-refractivity contribution < 1.29 is 18.6 Å². The van der Waals surface area contributed by atoms with Gasteiger partial charge in [0.05, 0.1) is 25.3 Å². The van der Waals surface area contributed by atoms with Gasteiger partial charge in [-0.1, -0.05) is 24.8 Å². The first kappa shape index (κ1) is 26.6. The number of hydrogen-bond donors (Lipinski definition) is 0. The third-order valence-corrected chi connectivity index (χ3v) is 7.04. The van der Waals surface area contributed by atoms with E-state index in [1.54, 1.807) is 32.4 Å². The fraction of sp³-hybridized carbons (Fsp3) is 0.276. The number of benzene rings is 3. The maximum Gasteiger partial charge on any atom is 0.203 e. The van der Waals surface area contributed by atoms with Gasteiger partial charge in [-0.15, -0.1) is 11.8 Å². The summed E-state index contributed by atoms with van der Waals surface area (Å²) in [7, 11) is 7.11. The Morgan fingerprint density at radius 1 is 1.03 bits per heavy atom. The van der Waals surface area contributed by atoms with Gasteiger partial charge in [0.1, 0.15) is 12.4 Å². The molecule has 0 N–H and O–H groups in total. The van der Waals surface area contributed by atoms with Crippen molar-refractivity contribution in [2.24, 2.45) is 0 Å². The Kier molecular flexibility index (Phi) is 8.41. The highest BCUT2D eigenvalue weighted by Crippen LogP contribution is 2.39. The van der Waals surface area contributed by atoms with Crippen LogP contribution in [0.4, 0.5) is 4.39 Å². The van der Waals surface area contributed by atoms with E-state index in [1.165, 1.54) is 17.8 Å². The van der Waals surface area contributed by atoms with Gasteiger partial charge >= 0.3 is 0 Å². The van der Waals surface area contributed by atoms with Gasteiger partial charge < -0.3 is 23.7 Å². The van der Waals surface area contributed by atoms with Crippen LogP contribution in [0, 0.1) is 5.82 Å². The number of hydrogen-bond acceptors (Lipinski definition) is 6. The fourth-order valence-electron chi connectivity index (χ4n) is 4.24. The van der Waals surface area contributed by atoms with E-state index < -0.39 is 0 Å². The number of rotatable bonds is 11. The van der Waals surface area contributed by atoms with E-state index in [1.807, 2.05) is 49.0 Å². The second kappa shape index (κ2) is 11.7. The molecule has 0 bridgehead atoms. The van der Waals surface area contributed by atoms with Crippen LogP contribution in [-0.4, -0.2) is 56.7 Å². The number of para-hydroxylation sites is 1. The summed E-state index contributed by atoms with van der Waals surface area (Å²) in [5.41, 5.74) is 2.12. The van der Waals surface area contributed by atoms with Crippen LogP contribution in [0.3, 0.4) is 0 Å². The molecule has 0 unspecified atom stereocenters. The molecule has 0 spiro atoms. The van der Waals surface area contributed by atoms with Crippen LogP contribution in [-0.2, 0) is 6.54 Å². The quantitative estimate of drug-likeness (QED) is 0.146. The Morgan fingerprint density at radius 3 is 2.38 bits per heavy atom. The van der Waals surface area contributed by atoms with Gasteiger partial charge in [-0.25, -0.2) is 4.39 Å². The summed E-state index contributed by atoms with van der Waals surface area (Å²) >= 11 is 1.44. The van der Waals surface area contributed by atoms with Gasteiger partial charge in [-0.05, 0) is 56.1 Å². The zero-order valence-corrected chi connectivity index (χ0v) is 22.4. The lowest BCUT2D eigenvalue weighted by Crippen LogP contribution is -2.15. The van der Waals surface area contributed by atoms with Crippen molar-refractivity contribution >= 4 is 33.6 Å². The molecule has 0 fully saturated rings. The topological polar surface area (TPSA) is 52.9 Å². The Bertz CT molecular complexity index is 1470. The highest BCUT2D eigenvalue weighted by Gasteiger charge is 2.18. The van der Waals surface area contributed by atoms with Gasteiger partial charge in [-0.2, -0.15) is 0 Å². The first-order valence-corrected chi connectivity index (χ1v) is 12.9. The Hall–Kier alpha value is -3.49. The second-order valence-electron chi connectivity index (χ2n) is 8.81. The van der Waals surface area contributed by atoms with Crippen LogP contribution in [0.15, 0.2) is 70.9 Å². The van der Waals surface area contributed by atoms with Gasteiger partial charge in [0, 0.05) is 34.5 Å². The summed E-state index contributed by atoms with van der Waals surface area (Å²) in [6, 6.07) is 14.3. The number of nitrogens with zero attached hydrogens (tertiary/aromatic N) is 2. The number of aromatic nitrogens is 1. The largest absolute Gasteiger partial charge is 0.493 e. The molecule has 8 heteroatoms. The summed E-state index contributed by atoms with van der Waals surface area (Å²) < 4.78 is 34.1. The molecule has 37 heavy (non-hydrogen) atoms. The molecule has 1 aromatic heterocycles. The Morgan fingerprint density at radius 2 is 1.73 bits per heavy atom. The smallest absolute Gasteiger partial charge is 0.203 e. The van der Waals surface area contributed by atoms with Crippen molar-refractivity contribution in [1.82, 2.24) is 9.47 Å². The molecule has 194 valence electrons. The van der Waals surface area contributed by atoms with Gasteiger partial charge in [0.2, 0.25) is 5.75 Å². The molecule has 4 rings (SSSR count). The maximum absolute atomic E-state index is 15.1. The predicted molar refractivity (Wildman–Crippen MR) is 149 cm³/mol. The molecule has 4 aromatic rings. The summed E-state index contributed by atoms with van der Waals surface area (Å²) in [4.78, 5) is 15.9. The van der Waals surface area contributed by atoms with Crippen molar-refractivity contribution in [3.63, 3.8) is 0 Å². The molecular weight excluding hydrogens is 491 g/mol. The van der Waals surface area contributed by atoms with Crippen molar-refractivity contribution in [3.8, 4) is 17.2 Å². The summed E-state index contributed by atoms with van der Waals surface area (Å²) in [5.74, 6) is 1.88. The summed E-state index contributed by atoms with van der Waals surface area (Å²) in [6.45, 7) is 5.22. The van der Waals surface area contributed by atoms with E-state index in [-0.39, 0.29) is 11.2 Å². The molecule has 0 aliphatic carbocycles. The highest BCUT2D eigenvalue weighted by atomic mass is 32.2. The molecule has 1 heterocycles. The first-order chi connectivity index (χ1) is 17.9. The number of halogens is 1. The Labute approximate surface area is 220 Å². The lowest BCUT2D eigenvalue weighted by molar-refractivity contribution is 0.300. The second-order valence-corrected chi connectivity index (χ2v) is 9.95. The van der Waals surface area contributed by atoms with Crippen molar-refractivity contribution in [2.75, 3.05) is 47.2 Å². The standard InChI is InChI=1S/C29H31FN2O4S/c1-6-12-36-29-25(34-4)14-19(15-26(29)35-5)18-32-23-10-8-7-9-20(23)28(33)21-16-22(30)27(17-24(21)32)37-13-11-31(2)3/h6-10,14-17H,1,11-13,18H2,2-5H3. The van der Waals surface area contributed by atoms with Crippen molar-refractivity contribution in [1.29, 1.82) is 0 Å². The minimum atomic E-state index is -0.387. The number of thioether (sulfide) groups is 1. The van der Waals surface area contributed by atoms with Crippen molar-refractivity contribution in [3.05, 3.63) is 82.8 Å². The maximum atomic E-state index is 15.1. The van der Waals surface area contributed by atoms with E-state index in [9.17, 15) is 4.79 Å². The lowest BCUT2D eigenvalue weighted by atomic mass is 10.1. The number of ether oxygens (including phenoxy) is 3. The highest BCUT2D eigenvalue weighted by molar-refractivity contribution is 7.99. The predicted octanol–water partition coefficient (Wildman–Crippen LogP) is 5.58. The minimum absolute atomic E-state index is 0.186. The van der Waals surface area contributed by atoms with Crippen LogP contribution in [0.1, 0.15) is 5.56 Å². The fourth-order valence-corrected chi connectivity index (χ4v) is 5.30. The SMILES string of the molecule is C=CCOc1c(OC)cc(Cn2c3ccccc3c(=O)c3cc(F)c(SCCN(C)C)cc32)cc1OC. The van der Waals surface area contributed by atoms with Crippen LogP contribution in [0.25, 0.3) is 21.8 Å². The molecule has 0 radical (unpaired) electrons. The molecule has 0 amide bonds. The third-order valence-electron chi connectivity index (χ3n) is 6.03. The third kappa shape index (κ3) is 5.60. The van der Waals surface area contributed by atoms with Crippen LogP contribution in [0.2, 0.25) is 0 Å². The van der Waals surface area contributed by atoms with Gasteiger partial charge in [0.25, 0.3) is 0 Å². The van der Waals surface area contributed by atoms with E-state index in [0.717, 1.165) is 23.4 Å². The number of fused-ring (bicyclic) bond motifs is 2. The van der Waals surface area contributed by atoms with E-state index in [4.69, 9.17) is 14.2 Å². The Balaban J connectivity index is 1.90. The average molecular weight is 523 g/mol. The number of methoxy groups -OCH3 is 2. The summed E-state index contributed by atoms with van der Waals surface area (Å²) in [5, 5.41) is 0.880. The van der Waals surface area contributed by atoms with Crippen LogP contribution >= 0.6 is 11.8 Å².